The van der Waals surface area contributed by atoms with Crippen molar-refractivity contribution in [3.05, 3.63) is 0 Å². The summed E-state index contributed by atoms with van der Waals surface area (Å²) in [6.07, 6.45) is -1.77. The molecule has 0 aliphatic rings. The Morgan fingerprint density at radius 3 is 1.62 bits per heavy atom. The molecule has 0 radical (unpaired) electrons. The fourth-order valence-electron chi connectivity index (χ4n) is 0.398. The molecule has 0 aliphatic heterocycles. The smallest absolute Gasteiger partial charge is 0.391 e. The quantitative estimate of drug-likeness (QED) is 0.590. The lowest BCUT2D eigenvalue weighted by Crippen LogP contribution is -2.21. The molecule has 0 amide bonds. The second-order valence-electron chi connectivity index (χ2n) is 2.68. The van der Waals surface area contributed by atoms with E-state index in [-0.39, 0.29) is 13.2 Å². The molecular weight excluding hydrogens is 200 g/mol. The number of aliphatic hydroxyl groups excluding tert-OH is 2. The van der Waals surface area contributed by atoms with Crippen LogP contribution < -0.4 is 0 Å². The van der Waals surface area contributed by atoms with E-state index in [1.54, 1.807) is 0 Å². The standard InChI is InChI=1S/C6H14O6S/c1-5(7)3-11-13(9,10)12-4-6(2)8/h5-8H,3-4H2,1-2H3. The lowest BCUT2D eigenvalue weighted by molar-refractivity contribution is 0.0867. The molecule has 0 rings (SSSR count). The molecule has 0 heterocycles. The van der Waals surface area contributed by atoms with Crippen molar-refractivity contribution in [3.63, 3.8) is 0 Å². The van der Waals surface area contributed by atoms with Crippen LogP contribution >= 0.6 is 0 Å². The fraction of sp³-hybridized carbons (Fsp3) is 1.00. The van der Waals surface area contributed by atoms with Crippen molar-refractivity contribution < 1.29 is 27.0 Å². The first kappa shape index (κ1) is 12.8. The van der Waals surface area contributed by atoms with Crippen molar-refractivity contribution in [2.45, 2.75) is 26.1 Å². The number of hydrogen-bond acceptors (Lipinski definition) is 6. The molecule has 13 heavy (non-hydrogen) atoms. The summed E-state index contributed by atoms with van der Waals surface area (Å²) in [5, 5.41) is 17.4. The molecule has 0 aromatic rings. The molecule has 2 unspecified atom stereocenters. The minimum absolute atomic E-state index is 0.359. The molecule has 2 atom stereocenters. The summed E-state index contributed by atoms with van der Waals surface area (Å²) in [6, 6.07) is 0. The Kier molecular flexibility index (Phi) is 5.42. The van der Waals surface area contributed by atoms with Crippen LogP contribution in [0, 0.1) is 0 Å². The first-order chi connectivity index (χ1) is 5.83. The van der Waals surface area contributed by atoms with Crippen LogP contribution in [-0.2, 0) is 18.8 Å². The van der Waals surface area contributed by atoms with E-state index < -0.39 is 22.6 Å². The Bertz CT molecular complexity index is 201. The topological polar surface area (TPSA) is 93.1 Å². The number of hydrogen-bond donors (Lipinski definition) is 2. The van der Waals surface area contributed by atoms with Crippen molar-refractivity contribution in [1.82, 2.24) is 0 Å². The highest BCUT2D eigenvalue weighted by molar-refractivity contribution is 7.81. The minimum Gasteiger partial charge on any atom is -0.391 e. The third-order valence-electron chi connectivity index (χ3n) is 0.907. The molecule has 0 bridgehead atoms. The van der Waals surface area contributed by atoms with Gasteiger partial charge >= 0.3 is 10.4 Å². The van der Waals surface area contributed by atoms with Gasteiger partial charge in [0.15, 0.2) is 0 Å². The maximum atomic E-state index is 10.8. The van der Waals surface area contributed by atoms with E-state index in [0.717, 1.165) is 0 Å². The van der Waals surface area contributed by atoms with Gasteiger partial charge in [-0.3, -0.25) is 0 Å². The monoisotopic (exact) mass is 214 g/mol. The molecule has 0 saturated heterocycles. The van der Waals surface area contributed by atoms with E-state index in [1.165, 1.54) is 13.8 Å². The van der Waals surface area contributed by atoms with Gasteiger partial charge in [-0.15, -0.1) is 0 Å². The van der Waals surface area contributed by atoms with E-state index >= 15 is 0 Å². The van der Waals surface area contributed by atoms with Crippen LogP contribution in [0.4, 0.5) is 0 Å². The zero-order valence-corrected chi connectivity index (χ0v) is 8.32. The first-order valence-corrected chi connectivity index (χ1v) is 5.06. The van der Waals surface area contributed by atoms with Crippen molar-refractivity contribution in [1.29, 1.82) is 0 Å². The first-order valence-electron chi connectivity index (χ1n) is 3.73. The molecule has 0 fully saturated rings. The van der Waals surface area contributed by atoms with Crippen LogP contribution in [-0.4, -0.2) is 44.1 Å². The third kappa shape index (κ3) is 8.13. The Hall–Kier alpha value is -0.210. The molecule has 6 nitrogen and oxygen atoms in total. The molecule has 2 N–H and O–H groups in total. The predicted molar refractivity (Wildman–Crippen MR) is 44.2 cm³/mol. The maximum Gasteiger partial charge on any atom is 0.400 e. The van der Waals surface area contributed by atoms with Gasteiger partial charge in [0.05, 0.1) is 25.4 Å². The molecule has 7 heteroatoms. The third-order valence-corrected chi connectivity index (χ3v) is 1.76. The van der Waals surface area contributed by atoms with Gasteiger partial charge in [-0.1, -0.05) is 0 Å². The Labute approximate surface area is 77.4 Å². The second kappa shape index (κ2) is 5.51. The minimum atomic E-state index is -4.09. The van der Waals surface area contributed by atoms with E-state index in [9.17, 15) is 8.42 Å². The SMILES string of the molecule is CC(O)COS(=O)(=O)OCC(C)O. The molecule has 0 aromatic carbocycles. The van der Waals surface area contributed by atoms with Gasteiger partial charge < -0.3 is 10.2 Å². The van der Waals surface area contributed by atoms with E-state index in [4.69, 9.17) is 10.2 Å². The van der Waals surface area contributed by atoms with E-state index in [1.807, 2.05) is 0 Å². The lowest BCUT2D eigenvalue weighted by atomic mass is 10.5. The van der Waals surface area contributed by atoms with Gasteiger partial charge in [-0.05, 0) is 13.8 Å². The molecule has 0 aromatic heterocycles. The molecule has 0 aliphatic carbocycles. The van der Waals surface area contributed by atoms with E-state index in [2.05, 4.69) is 8.37 Å². The molecular formula is C6H14O6S. The normalized spacial score (nSPS) is 16.9. The van der Waals surface area contributed by atoms with Gasteiger partial charge in [0.2, 0.25) is 0 Å². The van der Waals surface area contributed by atoms with Crippen LogP contribution in [0.15, 0.2) is 0 Å². The highest BCUT2D eigenvalue weighted by Crippen LogP contribution is 1.98. The van der Waals surface area contributed by atoms with Gasteiger partial charge in [-0.25, -0.2) is 8.37 Å². The van der Waals surface area contributed by atoms with Crippen LogP contribution in [0.3, 0.4) is 0 Å². The largest absolute Gasteiger partial charge is 0.400 e. The van der Waals surface area contributed by atoms with Gasteiger partial charge in [0.25, 0.3) is 0 Å². The average Bonchev–Trinajstić information content (AvgIpc) is 1.98. The van der Waals surface area contributed by atoms with Gasteiger partial charge in [-0.2, -0.15) is 8.42 Å². The van der Waals surface area contributed by atoms with Crippen molar-refractivity contribution >= 4 is 10.4 Å². The maximum absolute atomic E-state index is 10.8. The highest BCUT2D eigenvalue weighted by atomic mass is 32.3. The van der Waals surface area contributed by atoms with Gasteiger partial charge in [0, 0.05) is 0 Å². The van der Waals surface area contributed by atoms with Crippen LogP contribution in [0.25, 0.3) is 0 Å². The van der Waals surface area contributed by atoms with Crippen molar-refractivity contribution in [3.8, 4) is 0 Å². The zero-order valence-electron chi connectivity index (χ0n) is 7.50. The van der Waals surface area contributed by atoms with Crippen molar-refractivity contribution in [2.24, 2.45) is 0 Å². The molecule has 80 valence electrons. The predicted octanol–water partition coefficient (Wildman–Crippen LogP) is -0.974. The second-order valence-corrected chi connectivity index (χ2v) is 3.96. The average molecular weight is 214 g/mol. The summed E-state index contributed by atoms with van der Waals surface area (Å²) in [5.74, 6) is 0. The molecule has 0 spiro atoms. The summed E-state index contributed by atoms with van der Waals surface area (Å²) < 4.78 is 30.0. The van der Waals surface area contributed by atoms with E-state index in [0.29, 0.717) is 0 Å². The summed E-state index contributed by atoms with van der Waals surface area (Å²) in [4.78, 5) is 0. The number of rotatable bonds is 6. The summed E-state index contributed by atoms with van der Waals surface area (Å²) in [7, 11) is -4.09. The van der Waals surface area contributed by atoms with Crippen LogP contribution in [0.1, 0.15) is 13.8 Å². The molecule has 0 saturated carbocycles. The highest BCUT2D eigenvalue weighted by Gasteiger charge is 2.14. The summed E-state index contributed by atoms with van der Waals surface area (Å²) in [6.45, 7) is 2.04. The Balaban J connectivity index is 3.81. The summed E-state index contributed by atoms with van der Waals surface area (Å²) in [5.41, 5.74) is 0. The van der Waals surface area contributed by atoms with Crippen molar-refractivity contribution in [2.75, 3.05) is 13.2 Å². The van der Waals surface area contributed by atoms with Crippen LogP contribution in [0.2, 0.25) is 0 Å². The Morgan fingerprint density at radius 1 is 1.08 bits per heavy atom. The lowest BCUT2D eigenvalue weighted by Gasteiger charge is -2.08. The summed E-state index contributed by atoms with van der Waals surface area (Å²) >= 11 is 0. The van der Waals surface area contributed by atoms with Gasteiger partial charge in [0.1, 0.15) is 0 Å². The number of aliphatic hydroxyl groups is 2. The zero-order chi connectivity index (χ0) is 10.5. The van der Waals surface area contributed by atoms with Crippen LogP contribution in [0.5, 0.6) is 0 Å². The fourth-order valence-corrected chi connectivity index (χ4v) is 1.19. The Morgan fingerprint density at radius 2 is 1.38 bits per heavy atom.